The monoisotopic (exact) mass is 384 g/mol. The van der Waals surface area contributed by atoms with Gasteiger partial charge in [-0.1, -0.05) is 35.9 Å². The van der Waals surface area contributed by atoms with Crippen LogP contribution in [0.4, 0.5) is 0 Å². The summed E-state index contributed by atoms with van der Waals surface area (Å²) in [5.41, 5.74) is 1.55. The summed E-state index contributed by atoms with van der Waals surface area (Å²) in [6.07, 6.45) is -1.07. The number of ether oxygens (including phenoxy) is 2. The van der Waals surface area contributed by atoms with Crippen LogP contribution >= 0.6 is 11.6 Å². The summed E-state index contributed by atoms with van der Waals surface area (Å²) >= 11 is 5.78. The maximum Gasteiger partial charge on any atom is 0.157 e. The van der Waals surface area contributed by atoms with E-state index in [1.807, 2.05) is 24.3 Å². The van der Waals surface area contributed by atoms with Crippen LogP contribution in [0.15, 0.2) is 48.5 Å². The Morgan fingerprint density at radius 3 is 2.24 bits per heavy atom. The zero-order valence-corrected chi connectivity index (χ0v) is 15.5. The van der Waals surface area contributed by atoms with Crippen molar-refractivity contribution in [2.75, 3.05) is 19.5 Å². The standard InChI is InChI=1S/C18H21ClO5S/c1-23-18-8-4-14(5-9-18)10-24-11-17(20)13-25(21,22)12-15-2-6-16(19)7-3-15/h2-9,17,20H,10-13H2,1H3/t17-/m1/s1. The fraction of sp³-hybridized carbons (Fsp3) is 0.333. The summed E-state index contributed by atoms with van der Waals surface area (Å²) in [6.45, 7) is 0.240. The quantitative estimate of drug-likeness (QED) is 0.719. The maximum atomic E-state index is 12.1. The molecule has 0 aliphatic rings. The van der Waals surface area contributed by atoms with E-state index in [0.717, 1.165) is 11.3 Å². The predicted molar refractivity (Wildman–Crippen MR) is 97.6 cm³/mol. The summed E-state index contributed by atoms with van der Waals surface area (Å²) in [5, 5.41) is 10.5. The average Bonchev–Trinajstić information content (AvgIpc) is 2.57. The van der Waals surface area contributed by atoms with E-state index in [0.29, 0.717) is 10.6 Å². The highest BCUT2D eigenvalue weighted by Crippen LogP contribution is 2.14. The van der Waals surface area contributed by atoms with Gasteiger partial charge in [-0.25, -0.2) is 8.42 Å². The molecule has 0 heterocycles. The molecule has 1 atom stereocenters. The molecular weight excluding hydrogens is 364 g/mol. The molecule has 25 heavy (non-hydrogen) atoms. The Kier molecular flexibility index (Phi) is 7.25. The van der Waals surface area contributed by atoms with E-state index in [2.05, 4.69) is 0 Å². The third-order valence-corrected chi connectivity index (χ3v) is 5.40. The van der Waals surface area contributed by atoms with Gasteiger partial charge in [-0.2, -0.15) is 0 Å². The molecule has 0 aliphatic heterocycles. The Morgan fingerprint density at radius 1 is 1.04 bits per heavy atom. The maximum absolute atomic E-state index is 12.1. The molecule has 7 heteroatoms. The largest absolute Gasteiger partial charge is 0.497 e. The van der Waals surface area contributed by atoms with Crippen molar-refractivity contribution in [1.29, 1.82) is 0 Å². The van der Waals surface area contributed by atoms with Crippen molar-refractivity contribution in [3.8, 4) is 5.75 Å². The molecule has 0 radical (unpaired) electrons. The number of rotatable bonds is 9. The molecule has 5 nitrogen and oxygen atoms in total. The van der Waals surface area contributed by atoms with Crippen molar-refractivity contribution in [3.63, 3.8) is 0 Å². The van der Waals surface area contributed by atoms with E-state index >= 15 is 0 Å². The summed E-state index contributed by atoms with van der Waals surface area (Å²) in [7, 11) is -1.85. The molecule has 0 aromatic heterocycles. The van der Waals surface area contributed by atoms with E-state index in [9.17, 15) is 13.5 Å². The molecule has 136 valence electrons. The van der Waals surface area contributed by atoms with Gasteiger partial charge in [0.25, 0.3) is 0 Å². The van der Waals surface area contributed by atoms with Crippen molar-refractivity contribution in [3.05, 3.63) is 64.7 Å². The molecule has 0 saturated heterocycles. The Hall–Kier alpha value is -1.60. The number of halogens is 1. The van der Waals surface area contributed by atoms with Crippen molar-refractivity contribution in [2.45, 2.75) is 18.5 Å². The van der Waals surface area contributed by atoms with Gasteiger partial charge in [0, 0.05) is 5.02 Å². The van der Waals surface area contributed by atoms with E-state index in [-0.39, 0.29) is 24.7 Å². The third-order valence-electron chi connectivity index (χ3n) is 3.48. The summed E-state index contributed by atoms with van der Waals surface area (Å²) in [6, 6.07) is 13.9. The van der Waals surface area contributed by atoms with Gasteiger partial charge < -0.3 is 14.6 Å². The fourth-order valence-corrected chi connectivity index (χ4v) is 3.90. The Morgan fingerprint density at radius 2 is 1.64 bits per heavy atom. The van der Waals surface area contributed by atoms with Gasteiger partial charge in [-0.3, -0.25) is 0 Å². The Bertz CT molecular complexity index is 757. The number of aliphatic hydroxyl groups excluding tert-OH is 1. The highest BCUT2D eigenvalue weighted by Gasteiger charge is 2.18. The molecule has 2 rings (SSSR count). The Labute approximate surface area is 153 Å². The van der Waals surface area contributed by atoms with E-state index in [1.54, 1.807) is 31.4 Å². The highest BCUT2D eigenvalue weighted by atomic mass is 35.5. The second kappa shape index (κ2) is 9.20. The molecule has 2 aromatic rings. The summed E-state index contributed by atoms with van der Waals surface area (Å²) < 4.78 is 34.7. The minimum absolute atomic E-state index is 0.0497. The van der Waals surface area contributed by atoms with Crippen LogP contribution in [0.25, 0.3) is 0 Å². The predicted octanol–water partition coefficient (Wildman–Crippen LogP) is 2.84. The first kappa shape index (κ1) is 19.7. The fourth-order valence-electron chi connectivity index (χ4n) is 2.27. The molecule has 0 saturated carbocycles. The van der Waals surface area contributed by atoms with Crippen molar-refractivity contribution in [1.82, 2.24) is 0 Å². The highest BCUT2D eigenvalue weighted by molar-refractivity contribution is 7.90. The van der Waals surface area contributed by atoms with Crippen LogP contribution < -0.4 is 4.74 Å². The first-order chi connectivity index (χ1) is 11.9. The van der Waals surface area contributed by atoms with Crippen LogP contribution in [-0.4, -0.2) is 39.1 Å². The minimum Gasteiger partial charge on any atom is -0.497 e. The van der Waals surface area contributed by atoms with E-state index < -0.39 is 15.9 Å². The van der Waals surface area contributed by atoms with Gasteiger partial charge in [0.05, 0.1) is 37.9 Å². The molecule has 0 amide bonds. The molecular formula is C18H21ClO5S. The molecule has 0 bridgehead atoms. The van der Waals surface area contributed by atoms with Gasteiger partial charge in [0.1, 0.15) is 5.75 Å². The van der Waals surface area contributed by atoms with E-state index in [4.69, 9.17) is 21.1 Å². The molecule has 1 N–H and O–H groups in total. The SMILES string of the molecule is COc1ccc(COC[C@@H](O)CS(=O)(=O)Cc2ccc(Cl)cc2)cc1. The second-order valence-corrected chi connectivity index (χ2v) is 8.24. The number of aliphatic hydroxyl groups is 1. The average molecular weight is 385 g/mol. The van der Waals surface area contributed by atoms with Crippen molar-refractivity contribution in [2.24, 2.45) is 0 Å². The Balaban J connectivity index is 1.78. The first-order valence-corrected chi connectivity index (χ1v) is 9.91. The lowest BCUT2D eigenvalue weighted by atomic mass is 10.2. The van der Waals surface area contributed by atoms with Crippen molar-refractivity contribution >= 4 is 21.4 Å². The van der Waals surface area contributed by atoms with Crippen LogP contribution in [0.1, 0.15) is 11.1 Å². The van der Waals surface area contributed by atoms with Crippen LogP contribution in [-0.2, 0) is 26.9 Å². The molecule has 0 aliphatic carbocycles. The minimum atomic E-state index is -3.44. The van der Waals surface area contributed by atoms with Crippen LogP contribution in [0.5, 0.6) is 5.75 Å². The lowest BCUT2D eigenvalue weighted by Crippen LogP contribution is -2.26. The smallest absolute Gasteiger partial charge is 0.157 e. The second-order valence-electron chi connectivity index (χ2n) is 5.70. The van der Waals surface area contributed by atoms with Gasteiger partial charge in [-0.15, -0.1) is 0 Å². The molecule has 0 fully saturated rings. The molecule has 0 spiro atoms. The topological polar surface area (TPSA) is 72.8 Å². The van der Waals surface area contributed by atoms with Gasteiger partial charge in [-0.05, 0) is 35.4 Å². The number of methoxy groups -OCH3 is 1. The number of hydrogen-bond acceptors (Lipinski definition) is 5. The summed E-state index contributed by atoms with van der Waals surface area (Å²) in [5.74, 6) is 0.259. The molecule has 2 aromatic carbocycles. The van der Waals surface area contributed by atoms with Crippen molar-refractivity contribution < 1.29 is 23.0 Å². The van der Waals surface area contributed by atoms with Gasteiger partial charge >= 0.3 is 0 Å². The number of hydrogen-bond donors (Lipinski definition) is 1. The first-order valence-electron chi connectivity index (χ1n) is 7.71. The van der Waals surface area contributed by atoms with E-state index in [1.165, 1.54) is 0 Å². The number of sulfone groups is 1. The van der Waals surface area contributed by atoms with Crippen LogP contribution in [0.2, 0.25) is 5.02 Å². The summed E-state index contributed by atoms with van der Waals surface area (Å²) in [4.78, 5) is 0. The van der Waals surface area contributed by atoms with Crippen LogP contribution in [0, 0.1) is 0 Å². The zero-order valence-electron chi connectivity index (χ0n) is 13.9. The lowest BCUT2D eigenvalue weighted by molar-refractivity contribution is 0.0390. The normalized spacial score (nSPS) is 12.8. The van der Waals surface area contributed by atoms with Gasteiger partial charge in [0.2, 0.25) is 0 Å². The van der Waals surface area contributed by atoms with Gasteiger partial charge in [0.15, 0.2) is 9.84 Å². The van der Waals surface area contributed by atoms with Crippen LogP contribution in [0.3, 0.4) is 0 Å². The lowest BCUT2D eigenvalue weighted by Gasteiger charge is -2.12. The molecule has 0 unspecified atom stereocenters. The third kappa shape index (κ3) is 7.04. The number of benzene rings is 2. The zero-order chi connectivity index (χ0) is 18.3.